The number of amides is 1. The number of carbonyl (C=O) groups excluding carboxylic acids is 1. The molecule has 0 spiro atoms. The zero-order valence-corrected chi connectivity index (χ0v) is 19.6. The maximum atomic E-state index is 13.1. The van der Waals surface area contributed by atoms with Gasteiger partial charge in [-0.25, -0.2) is 0 Å². The molecular formula is C26H32N4OS. The van der Waals surface area contributed by atoms with Gasteiger partial charge in [-0.05, 0) is 55.1 Å². The van der Waals surface area contributed by atoms with Gasteiger partial charge in [0.2, 0.25) is 0 Å². The summed E-state index contributed by atoms with van der Waals surface area (Å²) < 4.78 is 1.13. The fraction of sp³-hybridized carbons (Fsp3) is 0.346. The summed E-state index contributed by atoms with van der Waals surface area (Å²) in [6.07, 6.45) is 6.11. The van der Waals surface area contributed by atoms with E-state index >= 15 is 0 Å². The number of likely N-dealkylation sites (N-methyl/N-ethyl adjacent to an activating group) is 1. The number of aromatic nitrogens is 1. The molecule has 0 aliphatic heterocycles. The second-order valence-electron chi connectivity index (χ2n) is 8.27. The molecule has 0 saturated heterocycles. The van der Waals surface area contributed by atoms with Gasteiger partial charge >= 0.3 is 0 Å². The molecule has 0 fully saturated rings. The average molecular weight is 449 g/mol. The monoisotopic (exact) mass is 448 g/mol. The highest BCUT2D eigenvalue weighted by Gasteiger charge is 2.18. The molecule has 2 aromatic heterocycles. The Balaban J connectivity index is 1.48. The lowest BCUT2D eigenvalue weighted by Crippen LogP contribution is -2.36. The van der Waals surface area contributed by atoms with E-state index in [4.69, 9.17) is 0 Å². The summed E-state index contributed by atoms with van der Waals surface area (Å²) >= 11 is 1.56. The first kappa shape index (κ1) is 22.4. The summed E-state index contributed by atoms with van der Waals surface area (Å²) in [4.78, 5) is 17.3. The first-order valence-corrected chi connectivity index (χ1v) is 12.3. The molecule has 32 heavy (non-hydrogen) atoms. The lowest BCUT2D eigenvalue weighted by atomic mass is 10.0. The highest BCUT2D eigenvalue weighted by atomic mass is 32.1. The Kier molecular flexibility index (Phi) is 7.45. The second-order valence-corrected chi connectivity index (χ2v) is 9.35. The molecular weight excluding hydrogens is 416 g/mol. The summed E-state index contributed by atoms with van der Waals surface area (Å²) in [7, 11) is 1.95. The van der Waals surface area contributed by atoms with Crippen LogP contribution in [0.15, 0.2) is 54.7 Å². The highest BCUT2D eigenvalue weighted by Crippen LogP contribution is 2.29. The number of rotatable bonds is 11. The van der Waals surface area contributed by atoms with Gasteiger partial charge in [-0.2, -0.15) is 0 Å². The van der Waals surface area contributed by atoms with Crippen LogP contribution >= 0.6 is 11.3 Å². The number of fused-ring (bicyclic) bond motifs is 2. The molecule has 168 valence electrons. The zero-order valence-electron chi connectivity index (χ0n) is 18.8. The molecule has 0 saturated carbocycles. The first-order chi connectivity index (χ1) is 15.7. The Morgan fingerprint density at radius 3 is 2.84 bits per heavy atom. The molecule has 1 unspecified atom stereocenters. The predicted molar refractivity (Wildman–Crippen MR) is 137 cm³/mol. The number of carbonyl (C=O) groups is 1. The van der Waals surface area contributed by atoms with Crippen molar-refractivity contribution in [2.75, 3.05) is 25.5 Å². The van der Waals surface area contributed by atoms with E-state index in [1.807, 2.05) is 19.2 Å². The molecule has 5 nitrogen and oxygen atoms in total. The van der Waals surface area contributed by atoms with E-state index in [0.29, 0.717) is 0 Å². The van der Waals surface area contributed by atoms with Crippen molar-refractivity contribution >= 4 is 43.9 Å². The number of hydrogen-bond acceptors (Lipinski definition) is 4. The minimum absolute atomic E-state index is 0.0248. The van der Waals surface area contributed by atoms with E-state index in [2.05, 4.69) is 70.5 Å². The van der Waals surface area contributed by atoms with Crippen molar-refractivity contribution in [3.05, 3.63) is 65.2 Å². The van der Waals surface area contributed by atoms with E-state index in [-0.39, 0.29) is 11.9 Å². The van der Waals surface area contributed by atoms with Gasteiger partial charge in [-0.1, -0.05) is 44.0 Å². The number of hydrogen-bond donors (Lipinski definition) is 4. The van der Waals surface area contributed by atoms with E-state index in [1.165, 1.54) is 10.9 Å². The summed E-state index contributed by atoms with van der Waals surface area (Å²) in [5.41, 5.74) is 3.49. The number of para-hydroxylation sites is 1. The number of unbranched alkanes of at least 4 members (excludes halogenated alkanes) is 1. The third-order valence-electron chi connectivity index (χ3n) is 5.83. The summed E-state index contributed by atoms with van der Waals surface area (Å²) in [5, 5.41) is 12.2. The summed E-state index contributed by atoms with van der Waals surface area (Å²) in [5.74, 6) is 0.0248. The molecule has 4 N–H and O–H groups in total. The maximum absolute atomic E-state index is 13.1. The number of benzene rings is 2. The molecule has 6 heteroatoms. The van der Waals surface area contributed by atoms with Crippen LogP contribution in [0.3, 0.4) is 0 Å². The van der Waals surface area contributed by atoms with Gasteiger partial charge in [0, 0.05) is 46.6 Å². The molecule has 1 amide bonds. The van der Waals surface area contributed by atoms with Crippen molar-refractivity contribution in [2.24, 2.45) is 0 Å². The first-order valence-electron chi connectivity index (χ1n) is 11.5. The van der Waals surface area contributed by atoms with Gasteiger partial charge in [0.25, 0.3) is 5.91 Å². The molecule has 0 radical (unpaired) electrons. The lowest BCUT2D eigenvalue weighted by Gasteiger charge is -2.18. The Bertz CT molecular complexity index is 1180. The standard InChI is InChI=1S/C26H32N4OS/c1-3-4-7-21(14-19-17-29-23-9-6-5-8-22(19)23)30-26(31)25-15-18-10-11-20(16-24(18)32-25)28-13-12-27-2/h5-6,8-11,15-17,21,27-29H,3-4,7,12-14H2,1-2H3,(H,30,31). The van der Waals surface area contributed by atoms with Crippen molar-refractivity contribution in [1.29, 1.82) is 0 Å². The van der Waals surface area contributed by atoms with Gasteiger partial charge in [0.1, 0.15) is 0 Å². The normalized spacial score (nSPS) is 12.3. The van der Waals surface area contributed by atoms with Crippen LogP contribution in [0, 0.1) is 0 Å². The van der Waals surface area contributed by atoms with Crippen molar-refractivity contribution < 1.29 is 4.79 Å². The largest absolute Gasteiger partial charge is 0.384 e. The van der Waals surface area contributed by atoms with Crippen LogP contribution in [0.2, 0.25) is 0 Å². The third-order valence-corrected chi connectivity index (χ3v) is 6.93. The number of aromatic amines is 1. The molecule has 0 aliphatic carbocycles. The van der Waals surface area contributed by atoms with Crippen LogP contribution in [0.25, 0.3) is 21.0 Å². The zero-order chi connectivity index (χ0) is 22.3. The smallest absolute Gasteiger partial charge is 0.261 e. The number of H-pyrrole nitrogens is 1. The Morgan fingerprint density at radius 1 is 1.12 bits per heavy atom. The highest BCUT2D eigenvalue weighted by molar-refractivity contribution is 7.20. The van der Waals surface area contributed by atoms with Crippen LogP contribution in [-0.2, 0) is 6.42 Å². The van der Waals surface area contributed by atoms with E-state index in [9.17, 15) is 4.79 Å². The van der Waals surface area contributed by atoms with Crippen molar-refractivity contribution in [2.45, 2.75) is 38.6 Å². The summed E-state index contributed by atoms with van der Waals surface area (Å²) in [6.45, 7) is 3.97. The van der Waals surface area contributed by atoms with Crippen LogP contribution < -0.4 is 16.0 Å². The van der Waals surface area contributed by atoms with Crippen molar-refractivity contribution in [3.63, 3.8) is 0 Å². The van der Waals surface area contributed by atoms with Crippen LogP contribution in [0.4, 0.5) is 5.69 Å². The molecule has 0 aliphatic rings. The van der Waals surface area contributed by atoms with Crippen LogP contribution in [0.5, 0.6) is 0 Å². The minimum Gasteiger partial charge on any atom is -0.384 e. The molecule has 0 bridgehead atoms. The van der Waals surface area contributed by atoms with Gasteiger partial charge < -0.3 is 20.9 Å². The predicted octanol–water partition coefficient (Wildman–Crippen LogP) is 5.55. The number of thiophene rings is 1. The number of anilines is 1. The topological polar surface area (TPSA) is 69.0 Å². The van der Waals surface area contributed by atoms with E-state index in [1.54, 1.807) is 11.3 Å². The van der Waals surface area contributed by atoms with Gasteiger partial charge in [0.05, 0.1) is 4.88 Å². The van der Waals surface area contributed by atoms with Gasteiger partial charge in [-0.3, -0.25) is 4.79 Å². The molecule has 2 aromatic carbocycles. The van der Waals surface area contributed by atoms with Crippen molar-refractivity contribution in [3.8, 4) is 0 Å². The fourth-order valence-corrected chi connectivity index (χ4v) is 5.09. The van der Waals surface area contributed by atoms with Crippen LogP contribution in [0.1, 0.15) is 41.4 Å². The van der Waals surface area contributed by atoms with Gasteiger partial charge in [0.15, 0.2) is 0 Å². The molecule has 4 rings (SSSR count). The fourth-order valence-electron chi connectivity index (χ4n) is 4.08. The SMILES string of the molecule is CCCCC(Cc1c[nH]c2ccccc12)NC(=O)c1cc2ccc(NCCNC)cc2s1. The summed E-state index contributed by atoms with van der Waals surface area (Å²) in [6, 6.07) is 16.8. The average Bonchev–Trinajstić information content (AvgIpc) is 3.42. The Hall–Kier alpha value is -2.83. The molecule has 4 aromatic rings. The van der Waals surface area contributed by atoms with E-state index in [0.717, 1.165) is 64.9 Å². The number of nitrogens with one attached hydrogen (secondary N) is 4. The Labute approximate surface area is 193 Å². The second kappa shape index (κ2) is 10.7. The Morgan fingerprint density at radius 2 is 2.00 bits per heavy atom. The van der Waals surface area contributed by atoms with Gasteiger partial charge in [-0.15, -0.1) is 11.3 Å². The van der Waals surface area contributed by atoms with E-state index < -0.39 is 0 Å². The quantitative estimate of drug-likeness (QED) is 0.228. The lowest BCUT2D eigenvalue weighted by molar-refractivity contribution is 0.0938. The van der Waals surface area contributed by atoms with Crippen LogP contribution in [-0.4, -0.2) is 37.1 Å². The third kappa shape index (κ3) is 5.31. The molecule has 1 atom stereocenters. The molecule has 2 heterocycles. The maximum Gasteiger partial charge on any atom is 0.261 e. The van der Waals surface area contributed by atoms with Crippen molar-refractivity contribution in [1.82, 2.24) is 15.6 Å². The minimum atomic E-state index is 0.0248.